The lowest BCUT2D eigenvalue weighted by molar-refractivity contribution is -0.547. The van der Waals surface area contributed by atoms with E-state index in [2.05, 4.69) is 14.8 Å². The number of halogens is 2. The van der Waals surface area contributed by atoms with E-state index in [-0.39, 0.29) is 49.3 Å². The van der Waals surface area contributed by atoms with E-state index in [1.165, 1.54) is 43.1 Å². The van der Waals surface area contributed by atoms with Crippen molar-refractivity contribution >= 4 is 29.3 Å². The number of aliphatic hydroxyl groups is 4. The van der Waals surface area contributed by atoms with Crippen LogP contribution in [0.2, 0.25) is 0 Å². The average Bonchev–Trinajstić information content (AvgIpc) is 3.26. The van der Waals surface area contributed by atoms with Crippen LogP contribution in [-0.2, 0) is 16.0 Å². The van der Waals surface area contributed by atoms with E-state index in [9.17, 15) is 34.4 Å². The van der Waals surface area contributed by atoms with Gasteiger partial charge in [-0.15, -0.1) is 11.6 Å². The Kier molecular flexibility index (Phi) is 11.4. The minimum Gasteiger partial charge on any atom is -0.493 e. The minimum atomic E-state index is -1.42. The summed E-state index contributed by atoms with van der Waals surface area (Å²) in [6.07, 6.45) is 9.00. The molecule has 1 aromatic rings. The number of carbonyl (C=O) groups excluding carboxylic acids is 2. The fourth-order valence-electron chi connectivity index (χ4n) is 8.73. The number of ether oxygens (including phenoxy) is 1. The van der Waals surface area contributed by atoms with Crippen molar-refractivity contribution in [3.63, 3.8) is 0 Å². The number of benzene rings is 1. The molecule has 0 aromatic heterocycles. The number of aliphatic hydroxyl groups excluding tert-OH is 3. The number of hydrogen-bond donors (Lipinski definition) is 5. The Labute approximate surface area is 293 Å². The van der Waals surface area contributed by atoms with Crippen molar-refractivity contribution in [2.24, 2.45) is 23.2 Å². The molecule has 1 aliphatic carbocycles. The summed E-state index contributed by atoms with van der Waals surface area (Å²) in [7, 11) is 0. The summed E-state index contributed by atoms with van der Waals surface area (Å²) >= 11 is 6.70. The third kappa shape index (κ3) is 8.19. The number of nitrogens with zero attached hydrogens (tertiary/aromatic N) is 3. The van der Waals surface area contributed by atoms with Gasteiger partial charge in [-0.3, -0.25) is 19.1 Å². The number of piperidine rings is 1. The Hall–Kier alpha value is -2.51. The molecule has 1 aromatic carbocycles. The molecule has 272 valence electrons. The van der Waals surface area contributed by atoms with Gasteiger partial charge in [0.25, 0.3) is 5.84 Å². The van der Waals surface area contributed by atoms with Gasteiger partial charge in [0.2, 0.25) is 11.8 Å². The number of hydrogen-bond acceptors (Lipinski definition) is 7. The molecule has 49 heavy (non-hydrogen) atoms. The van der Waals surface area contributed by atoms with Crippen LogP contribution in [0.3, 0.4) is 0 Å². The number of fused-ring (bicyclic) bond motifs is 3. The third-order valence-corrected chi connectivity index (χ3v) is 12.1. The summed E-state index contributed by atoms with van der Waals surface area (Å²) in [6.45, 7) is 1.87. The summed E-state index contributed by atoms with van der Waals surface area (Å²) in [4.78, 5) is 29.1. The second-order valence-electron chi connectivity index (χ2n) is 15.4. The second-order valence-corrected chi connectivity index (χ2v) is 16.0. The molecule has 3 unspecified atom stereocenters. The first kappa shape index (κ1) is 36.3. The summed E-state index contributed by atoms with van der Waals surface area (Å²) in [5.41, 5.74) is -2.45. The average molecular weight is 708 g/mol. The highest BCUT2D eigenvalue weighted by molar-refractivity contribution is 6.21. The number of amides is 2. The van der Waals surface area contributed by atoms with Gasteiger partial charge in [0.05, 0.1) is 88.2 Å². The maximum absolute atomic E-state index is 14.9. The Bertz CT molecular complexity index is 1370. The number of alkyl halides is 1. The standard InChI is InChI=1S/C36H52ClFN4O7/c37-27-12-25-3-5-28-14-30(25)34(42(28)17-27)40-9-7-24(8-10-40)2-1-11-49-29-6-4-26(31(38)15-29)13-33(47)41-19-36(48,20-41)16-32(46)39-18-35(21-43,22-44)23-45/h4,6,15,24-25,27-28,30,43-45,48H,1-3,5,7-14,16-23H2/p+1/t25?,27?,28-,30?/m0/s1. The van der Waals surface area contributed by atoms with Gasteiger partial charge < -0.3 is 35.4 Å². The lowest BCUT2D eigenvalue weighted by Gasteiger charge is -2.46. The Morgan fingerprint density at radius 3 is 2.51 bits per heavy atom. The summed E-state index contributed by atoms with van der Waals surface area (Å²) in [6, 6.07) is 5.24. The molecule has 11 nitrogen and oxygen atoms in total. The van der Waals surface area contributed by atoms with Crippen molar-refractivity contribution < 1.29 is 43.7 Å². The van der Waals surface area contributed by atoms with E-state index in [1.807, 2.05) is 0 Å². The maximum atomic E-state index is 14.9. The van der Waals surface area contributed by atoms with Crippen molar-refractivity contribution in [2.75, 3.05) is 65.7 Å². The van der Waals surface area contributed by atoms with Gasteiger partial charge in [-0.1, -0.05) is 6.07 Å². The van der Waals surface area contributed by atoms with Gasteiger partial charge in [0.1, 0.15) is 23.7 Å². The first-order valence-electron chi connectivity index (χ1n) is 18.1. The fraction of sp³-hybridized carbons (Fsp3) is 0.750. The Morgan fingerprint density at radius 1 is 1.08 bits per heavy atom. The molecule has 5 aliphatic rings. The predicted molar refractivity (Wildman–Crippen MR) is 181 cm³/mol. The smallest absolute Gasteiger partial charge is 0.250 e. The molecule has 4 aliphatic heterocycles. The van der Waals surface area contributed by atoms with Crippen LogP contribution >= 0.6 is 11.6 Å². The van der Waals surface area contributed by atoms with Crippen LogP contribution in [0.15, 0.2) is 18.2 Å². The molecule has 0 radical (unpaired) electrons. The molecule has 5 N–H and O–H groups in total. The number of β-amino-alcohol motifs (C(OH)–C–C–N with tert-alkyl or cyclic N) is 1. The molecule has 4 heterocycles. The molecule has 13 heteroatoms. The van der Waals surface area contributed by atoms with Crippen LogP contribution < -0.4 is 10.1 Å². The molecule has 6 rings (SSSR count). The van der Waals surface area contributed by atoms with Gasteiger partial charge in [-0.2, -0.15) is 0 Å². The van der Waals surface area contributed by atoms with Crippen LogP contribution in [0, 0.1) is 29.0 Å². The normalized spacial score (nSPS) is 27.6. The number of amidine groups is 1. The van der Waals surface area contributed by atoms with Gasteiger partial charge in [-0.25, -0.2) is 4.39 Å². The van der Waals surface area contributed by atoms with E-state index in [1.54, 1.807) is 18.0 Å². The second kappa shape index (κ2) is 15.4. The lowest BCUT2D eigenvalue weighted by atomic mass is 9.77. The zero-order chi connectivity index (χ0) is 34.8. The van der Waals surface area contributed by atoms with Crippen LogP contribution in [0.25, 0.3) is 0 Å². The van der Waals surface area contributed by atoms with Crippen LogP contribution in [0.5, 0.6) is 5.75 Å². The van der Waals surface area contributed by atoms with E-state index >= 15 is 0 Å². The van der Waals surface area contributed by atoms with E-state index in [4.69, 9.17) is 16.3 Å². The summed E-state index contributed by atoms with van der Waals surface area (Å²) < 4.78 is 23.5. The molecular formula is C36H53ClFN4O7+. The lowest BCUT2D eigenvalue weighted by Crippen LogP contribution is -2.65. The predicted octanol–water partition coefficient (Wildman–Crippen LogP) is 1.50. The first-order chi connectivity index (χ1) is 23.5. The topological polar surface area (TPSA) is 146 Å². The van der Waals surface area contributed by atoms with Crippen LogP contribution in [0.1, 0.15) is 63.4 Å². The summed E-state index contributed by atoms with van der Waals surface area (Å²) in [5, 5.41) is 41.6. The molecule has 4 saturated heterocycles. The Balaban J connectivity index is 0.889. The highest BCUT2D eigenvalue weighted by atomic mass is 35.5. The maximum Gasteiger partial charge on any atom is 0.250 e. The molecule has 4 atom stereocenters. The highest BCUT2D eigenvalue weighted by Gasteiger charge is 2.55. The van der Waals surface area contributed by atoms with Crippen LogP contribution in [0.4, 0.5) is 4.39 Å². The van der Waals surface area contributed by atoms with Gasteiger partial charge in [-0.05, 0) is 68.4 Å². The van der Waals surface area contributed by atoms with Crippen LogP contribution in [-0.4, -0.2) is 135 Å². The van der Waals surface area contributed by atoms with Crippen molar-refractivity contribution in [3.8, 4) is 5.75 Å². The zero-order valence-corrected chi connectivity index (χ0v) is 29.1. The van der Waals surface area contributed by atoms with E-state index in [0.29, 0.717) is 30.2 Å². The summed E-state index contributed by atoms with van der Waals surface area (Å²) in [5.74, 6) is 2.73. The SMILES string of the molecule is O=C(CC1(O)CN(C(=O)Cc2ccc(OCCCC3CC[N+](=C4C5C[C@@H]6CCC5CC(Cl)CN46)CC3)cc2F)C1)NCC(CO)(CO)CO. The quantitative estimate of drug-likeness (QED) is 0.111. The highest BCUT2D eigenvalue weighted by Crippen LogP contribution is 2.46. The number of rotatable bonds is 14. The van der Waals surface area contributed by atoms with Crippen molar-refractivity contribution in [1.82, 2.24) is 15.1 Å². The van der Waals surface area contributed by atoms with Crippen molar-refractivity contribution in [2.45, 2.75) is 81.2 Å². The van der Waals surface area contributed by atoms with Gasteiger partial charge in [0.15, 0.2) is 0 Å². The largest absolute Gasteiger partial charge is 0.493 e. The molecule has 5 fully saturated rings. The number of nitrogens with one attached hydrogen (secondary N) is 1. The number of carbonyl (C=O) groups is 2. The van der Waals surface area contributed by atoms with Gasteiger partial charge in [0, 0.05) is 19.0 Å². The zero-order valence-electron chi connectivity index (χ0n) is 28.4. The molecule has 1 saturated carbocycles. The van der Waals surface area contributed by atoms with Crippen molar-refractivity contribution in [1.29, 1.82) is 0 Å². The van der Waals surface area contributed by atoms with E-state index < -0.39 is 42.6 Å². The molecular weight excluding hydrogens is 655 g/mol. The molecule has 2 amide bonds. The van der Waals surface area contributed by atoms with Crippen molar-refractivity contribution in [3.05, 3.63) is 29.6 Å². The van der Waals surface area contributed by atoms with Gasteiger partial charge >= 0.3 is 0 Å². The Morgan fingerprint density at radius 2 is 1.82 bits per heavy atom. The monoisotopic (exact) mass is 707 g/mol. The molecule has 3 bridgehead atoms. The third-order valence-electron chi connectivity index (χ3n) is 11.8. The molecule has 0 spiro atoms. The fourth-order valence-corrected chi connectivity index (χ4v) is 9.11. The first-order valence-corrected chi connectivity index (χ1v) is 18.5. The minimum absolute atomic E-state index is 0.0694. The number of likely N-dealkylation sites (tertiary alicyclic amines) is 1. The van der Waals surface area contributed by atoms with E-state index in [0.717, 1.165) is 44.8 Å².